The number of rotatable bonds is 4. The van der Waals surface area contributed by atoms with Crippen LogP contribution in [0.4, 0.5) is 5.69 Å². The fraction of sp³-hybridized carbons (Fsp3) is 0.240. The number of benzene rings is 2. The summed E-state index contributed by atoms with van der Waals surface area (Å²) in [4.78, 5) is 29.7. The first kappa shape index (κ1) is 22.0. The van der Waals surface area contributed by atoms with Crippen LogP contribution in [0.1, 0.15) is 16.1 Å². The van der Waals surface area contributed by atoms with Gasteiger partial charge in [-0.1, -0.05) is 29.8 Å². The Morgan fingerprint density at radius 2 is 1.82 bits per heavy atom. The predicted molar refractivity (Wildman–Crippen MR) is 130 cm³/mol. The Bertz CT molecular complexity index is 1420. The summed E-state index contributed by atoms with van der Waals surface area (Å²) < 4.78 is 12.4. The van der Waals surface area contributed by atoms with E-state index >= 15 is 0 Å². The number of halogens is 1. The number of ether oxygens (including phenoxy) is 1. The first-order chi connectivity index (χ1) is 16.5. The summed E-state index contributed by atoms with van der Waals surface area (Å²) in [5, 5.41) is 5.28. The van der Waals surface area contributed by atoms with Crippen molar-refractivity contribution < 1.29 is 13.9 Å². The van der Waals surface area contributed by atoms with Gasteiger partial charge < -0.3 is 19.0 Å². The molecule has 2 aromatic heterocycles. The molecule has 5 rings (SSSR count). The number of anilines is 1. The Morgan fingerprint density at radius 3 is 2.53 bits per heavy atom. The summed E-state index contributed by atoms with van der Waals surface area (Å²) in [7, 11) is 1.60. The molecular formula is C25H23ClN4O4. The third-order valence-corrected chi connectivity index (χ3v) is 6.50. The van der Waals surface area contributed by atoms with Crippen LogP contribution in [0.2, 0.25) is 5.02 Å². The zero-order valence-corrected chi connectivity index (χ0v) is 19.6. The molecule has 0 N–H and O–H groups in total. The molecule has 3 heterocycles. The van der Waals surface area contributed by atoms with Gasteiger partial charge in [-0.05, 0) is 37.3 Å². The molecule has 1 saturated heterocycles. The van der Waals surface area contributed by atoms with Crippen LogP contribution in [-0.4, -0.2) is 53.9 Å². The largest absolute Gasteiger partial charge is 0.497 e. The van der Waals surface area contributed by atoms with Crippen molar-refractivity contribution in [1.82, 2.24) is 14.7 Å². The first-order valence-corrected chi connectivity index (χ1v) is 11.3. The monoisotopic (exact) mass is 478 g/mol. The van der Waals surface area contributed by atoms with Crippen LogP contribution >= 0.6 is 11.6 Å². The van der Waals surface area contributed by atoms with E-state index < -0.39 is 0 Å². The zero-order valence-electron chi connectivity index (χ0n) is 18.8. The number of methoxy groups -OCH3 is 1. The molecule has 34 heavy (non-hydrogen) atoms. The summed E-state index contributed by atoms with van der Waals surface area (Å²) >= 11 is 6.45. The van der Waals surface area contributed by atoms with Crippen LogP contribution < -0.4 is 15.2 Å². The van der Waals surface area contributed by atoms with Gasteiger partial charge in [0.15, 0.2) is 5.76 Å². The van der Waals surface area contributed by atoms with Gasteiger partial charge in [-0.3, -0.25) is 9.59 Å². The van der Waals surface area contributed by atoms with Crippen molar-refractivity contribution in [1.29, 1.82) is 0 Å². The van der Waals surface area contributed by atoms with Crippen LogP contribution in [0.15, 0.2) is 63.9 Å². The van der Waals surface area contributed by atoms with E-state index in [1.165, 1.54) is 4.68 Å². The molecule has 9 heteroatoms. The maximum Gasteiger partial charge on any atom is 0.292 e. The lowest BCUT2D eigenvalue weighted by Crippen LogP contribution is -2.49. The Morgan fingerprint density at radius 1 is 1.09 bits per heavy atom. The molecule has 2 aromatic carbocycles. The van der Waals surface area contributed by atoms with Gasteiger partial charge in [0.05, 0.1) is 24.7 Å². The number of hydrogen-bond donors (Lipinski definition) is 0. The Kier molecular flexibility index (Phi) is 5.75. The molecule has 1 aliphatic rings. The fourth-order valence-corrected chi connectivity index (χ4v) is 4.47. The van der Waals surface area contributed by atoms with Gasteiger partial charge in [0.25, 0.3) is 11.5 Å². The second-order valence-corrected chi connectivity index (χ2v) is 8.47. The minimum Gasteiger partial charge on any atom is -0.497 e. The van der Waals surface area contributed by atoms with Crippen molar-refractivity contribution in [3.8, 4) is 11.4 Å². The number of aromatic nitrogens is 2. The van der Waals surface area contributed by atoms with Gasteiger partial charge in [-0.2, -0.15) is 9.78 Å². The molecule has 8 nitrogen and oxygen atoms in total. The Balaban J connectivity index is 1.33. The first-order valence-electron chi connectivity index (χ1n) is 10.9. The molecule has 0 saturated carbocycles. The molecular weight excluding hydrogens is 456 g/mol. The minimum absolute atomic E-state index is 0.112. The van der Waals surface area contributed by atoms with E-state index in [2.05, 4.69) is 5.10 Å². The standard InChI is InChI=1S/C25H23ClN4O4/c1-16-19-14-18(33-2)8-9-21(19)34-23(16)25(32)29-12-10-28(11-13-29)20-15-27-30(24(31)22(20)26)17-6-4-3-5-7-17/h3-9,14-15H,10-13H2,1-2H3. The molecule has 174 valence electrons. The van der Waals surface area contributed by atoms with E-state index in [0.29, 0.717) is 54.6 Å². The summed E-state index contributed by atoms with van der Waals surface area (Å²) in [6.45, 7) is 3.86. The molecule has 0 bridgehead atoms. The summed E-state index contributed by atoms with van der Waals surface area (Å²) in [5.41, 5.74) is 2.28. The minimum atomic E-state index is -0.378. The SMILES string of the molecule is COc1ccc2oc(C(=O)N3CCN(c4cnn(-c5ccccc5)c(=O)c4Cl)CC3)c(C)c2c1. The van der Waals surface area contributed by atoms with Crippen molar-refractivity contribution in [2.75, 3.05) is 38.2 Å². The van der Waals surface area contributed by atoms with Crippen LogP contribution in [0.25, 0.3) is 16.7 Å². The van der Waals surface area contributed by atoms with Crippen LogP contribution in [0.5, 0.6) is 5.75 Å². The van der Waals surface area contributed by atoms with Gasteiger partial charge in [0.1, 0.15) is 16.4 Å². The quantitative estimate of drug-likeness (QED) is 0.442. The highest BCUT2D eigenvalue weighted by molar-refractivity contribution is 6.33. The van der Waals surface area contributed by atoms with E-state index in [1.54, 1.807) is 30.3 Å². The van der Waals surface area contributed by atoms with Crippen molar-refractivity contribution >= 4 is 34.2 Å². The average molecular weight is 479 g/mol. The number of fused-ring (bicyclic) bond motifs is 1. The number of furan rings is 1. The van der Waals surface area contributed by atoms with Crippen molar-refractivity contribution in [3.63, 3.8) is 0 Å². The summed E-state index contributed by atoms with van der Waals surface area (Å²) in [5.74, 6) is 0.890. The lowest BCUT2D eigenvalue weighted by molar-refractivity contribution is 0.0716. The number of nitrogens with zero attached hydrogens (tertiary/aromatic N) is 4. The molecule has 0 spiro atoms. The number of hydrogen-bond acceptors (Lipinski definition) is 6. The topological polar surface area (TPSA) is 80.8 Å². The smallest absolute Gasteiger partial charge is 0.292 e. The van der Waals surface area contributed by atoms with Crippen molar-refractivity contribution in [3.05, 3.63) is 81.4 Å². The van der Waals surface area contributed by atoms with Gasteiger partial charge in [-0.25, -0.2) is 0 Å². The van der Waals surface area contributed by atoms with Crippen molar-refractivity contribution in [2.45, 2.75) is 6.92 Å². The van der Waals surface area contributed by atoms with Gasteiger partial charge >= 0.3 is 0 Å². The van der Waals surface area contributed by atoms with E-state index in [-0.39, 0.29) is 16.5 Å². The zero-order chi connectivity index (χ0) is 23.8. The van der Waals surface area contributed by atoms with Crippen LogP contribution in [0.3, 0.4) is 0 Å². The molecule has 0 unspecified atom stereocenters. The van der Waals surface area contributed by atoms with E-state index in [0.717, 1.165) is 10.9 Å². The molecule has 1 amide bonds. The maximum absolute atomic E-state index is 13.2. The molecule has 1 fully saturated rings. The van der Waals surface area contributed by atoms with Gasteiger partial charge in [0.2, 0.25) is 0 Å². The number of carbonyl (C=O) groups excluding carboxylic acids is 1. The number of piperazine rings is 1. The maximum atomic E-state index is 13.2. The fourth-order valence-electron chi connectivity index (χ4n) is 4.22. The van der Waals surface area contributed by atoms with Gasteiger partial charge in [-0.15, -0.1) is 0 Å². The lowest BCUT2D eigenvalue weighted by atomic mass is 10.1. The Hall–Kier alpha value is -3.78. The highest BCUT2D eigenvalue weighted by Crippen LogP contribution is 2.30. The summed E-state index contributed by atoms with van der Waals surface area (Å²) in [6, 6.07) is 14.6. The highest BCUT2D eigenvalue weighted by atomic mass is 35.5. The Labute approximate surface area is 200 Å². The third kappa shape index (κ3) is 3.80. The molecule has 4 aromatic rings. The molecule has 0 aliphatic carbocycles. The average Bonchev–Trinajstić information content (AvgIpc) is 3.21. The van der Waals surface area contributed by atoms with Crippen LogP contribution in [0, 0.1) is 6.92 Å². The number of carbonyl (C=O) groups is 1. The van der Waals surface area contributed by atoms with Crippen molar-refractivity contribution in [2.24, 2.45) is 0 Å². The number of para-hydroxylation sites is 1. The molecule has 0 radical (unpaired) electrons. The van der Waals surface area contributed by atoms with E-state index in [9.17, 15) is 9.59 Å². The third-order valence-electron chi connectivity index (χ3n) is 6.15. The second-order valence-electron chi connectivity index (χ2n) is 8.09. The van der Waals surface area contributed by atoms with Gasteiger partial charge in [0, 0.05) is 37.1 Å². The molecule has 1 aliphatic heterocycles. The van der Waals surface area contributed by atoms with Crippen LogP contribution in [-0.2, 0) is 0 Å². The lowest BCUT2D eigenvalue weighted by Gasteiger charge is -2.35. The predicted octanol–water partition coefficient (Wildman–Crippen LogP) is 3.91. The normalized spacial score (nSPS) is 14.0. The number of amides is 1. The summed E-state index contributed by atoms with van der Waals surface area (Å²) in [6.07, 6.45) is 1.60. The van der Waals surface area contributed by atoms with E-state index in [4.69, 9.17) is 20.8 Å². The second kappa shape index (κ2) is 8.87. The highest BCUT2D eigenvalue weighted by Gasteiger charge is 2.28. The number of aryl methyl sites for hydroxylation is 1. The molecule has 0 atom stereocenters. The van der Waals surface area contributed by atoms with E-state index in [1.807, 2.05) is 48.2 Å².